The SMILES string of the molecule is O=C(Br)C(F)(F)C(=O)Br. The van der Waals surface area contributed by atoms with Crippen molar-refractivity contribution in [2.45, 2.75) is 5.92 Å². The van der Waals surface area contributed by atoms with Gasteiger partial charge in [0.1, 0.15) is 0 Å². The van der Waals surface area contributed by atoms with Crippen LogP contribution in [0.3, 0.4) is 0 Å². The fourth-order valence-electron chi connectivity index (χ4n) is 0.0773. The van der Waals surface area contributed by atoms with Crippen molar-refractivity contribution in [2.75, 3.05) is 0 Å². The molecule has 0 aliphatic carbocycles. The number of rotatable bonds is 2. The zero-order valence-corrected chi connectivity index (χ0v) is 7.00. The van der Waals surface area contributed by atoms with E-state index < -0.39 is 15.3 Å². The highest BCUT2D eigenvalue weighted by Gasteiger charge is 2.43. The first-order chi connectivity index (χ1) is 3.89. The number of hydrogen-bond donors (Lipinski definition) is 0. The fraction of sp³-hybridized carbons (Fsp3) is 0.333. The Morgan fingerprint density at radius 2 is 1.33 bits per heavy atom. The summed E-state index contributed by atoms with van der Waals surface area (Å²) in [7, 11) is 0. The minimum atomic E-state index is -3.94. The van der Waals surface area contributed by atoms with Gasteiger partial charge in [-0.15, -0.1) is 0 Å². The Morgan fingerprint density at radius 3 is 1.33 bits per heavy atom. The second kappa shape index (κ2) is 2.83. The van der Waals surface area contributed by atoms with Crippen LogP contribution in [0.4, 0.5) is 8.78 Å². The van der Waals surface area contributed by atoms with Gasteiger partial charge in [-0.05, 0) is 31.9 Å². The zero-order chi connectivity index (χ0) is 7.65. The van der Waals surface area contributed by atoms with Gasteiger partial charge in [-0.1, -0.05) is 0 Å². The Bertz CT molecular complexity index is 140. The lowest BCUT2D eigenvalue weighted by atomic mass is 10.4. The van der Waals surface area contributed by atoms with Crippen LogP contribution in [0.5, 0.6) is 0 Å². The van der Waals surface area contributed by atoms with Crippen molar-refractivity contribution in [1.29, 1.82) is 0 Å². The van der Waals surface area contributed by atoms with Crippen molar-refractivity contribution in [3.8, 4) is 0 Å². The molecule has 0 unspecified atom stereocenters. The molecule has 0 fully saturated rings. The van der Waals surface area contributed by atoms with E-state index in [1.54, 1.807) is 0 Å². The molecule has 9 heavy (non-hydrogen) atoms. The van der Waals surface area contributed by atoms with E-state index in [0.29, 0.717) is 0 Å². The predicted octanol–water partition coefficient (Wildman–Crippen LogP) is 1.46. The number of carbonyl (C=O) groups is 2. The number of carbonyl (C=O) groups excluding carboxylic acids is 2. The quantitative estimate of drug-likeness (QED) is 0.560. The number of halogens is 4. The van der Waals surface area contributed by atoms with Gasteiger partial charge >= 0.3 is 5.92 Å². The molecule has 0 spiro atoms. The van der Waals surface area contributed by atoms with E-state index in [2.05, 4.69) is 0 Å². The van der Waals surface area contributed by atoms with E-state index in [-0.39, 0.29) is 0 Å². The average Bonchev–Trinajstić information content (AvgIpc) is 1.65. The largest absolute Gasteiger partial charge is 0.383 e. The monoisotopic (exact) mass is 264 g/mol. The van der Waals surface area contributed by atoms with Crippen molar-refractivity contribution in [3.05, 3.63) is 0 Å². The molecule has 0 radical (unpaired) electrons. The standard InChI is InChI=1S/C3Br2F2O2/c4-1(8)3(6,7)2(5)9. The van der Waals surface area contributed by atoms with Crippen LogP contribution in [-0.2, 0) is 9.59 Å². The first-order valence-electron chi connectivity index (χ1n) is 1.66. The van der Waals surface area contributed by atoms with Crippen LogP contribution < -0.4 is 0 Å². The first kappa shape index (κ1) is 9.16. The zero-order valence-electron chi connectivity index (χ0n) is 3.83. The normalized spacial score (nSPS) is 11.1. The van der Waals surface area contributed by atoms with Gasteiger partial charge in [-0.25, -0.2) is 0 Å². The molecule has 0 amide bonds. The molecule has 0 aromatic heterocycles. The lowest BCUT2D eigenvalue weighted by Gasteiger charge is -2.02. The second-order valence-corrected chi connectivity index (χ2v) is 2.56. The highest BCUT2D eigenvalue weighted by Crippen LogP contribution is 2.21. The van der Waals surface area contributed by atoms with Gasteiger partial charge in [-0.3, -0.25) is 9.59 Å². The van der Waals surface area contributed by atoms with Gasteiger partial charge in [0.25, 0.3) is 9.39 Å². The van der Waals surface area contributed by atoms with Crippen LogP contribution in [-0.4, -0.2) is 15.3 Å². The summed E-state index contributed by atoms with van der Waals surface area (Å²) in [5.41, 5.74) is 0. The molecule has 52 valence electrons. The molecule has 0 aromatic carbocycles. The van der Waals surface area contributed by atoms with Gasteiger partial charge in [0.15, 0.2) is 0 Å². The van der Waals surface area contributed by atoms with Crippen LogP contribution in [0.15, 0.2) is 0 Å². The molecular weight excluding hydrogens is 266 g/mol. The summed E-state index contributed by atoms with van der Waals surface area (Å²) < 4.78 is 20.5. The Balaban J connectivity index is 4.38. The molecule has 0 atom stereocenters. The van der Waals surface area contributed by atoms with Gasteiger partial charge < -0.3 is 0 Å². The van der Waals surface area contributed by atoms with Crippen molar-refractivity contribution in [1.82, 2.24) is 0 Å². The van der Waals surface area contributed by atoms with Crippen LogP contribution >= 0.6 is 31.9 Å². The van der Waals surface area contributed by atoms with E-state index in [0.717, 1.165) is 0 Å². The predicted molar refractivity (Wildman–Crippen MR) is 32.8 cm³/mol. The van der Waals surface area contributed by atoms with Crippen molar-refractivity contribution < 1.29 is 18.4 Å². The minimum absolute atomic E-state index is 1.64. The fourth-order valence-corrected chi connectivity index (χ4v) is 0.703. The molecule has 2 nitrogen and oxygen atoms in total. The van der Waals surface area contributed by atoms with E-state index in [1.165, 1.54) is 0 Å². The Labute approximate surface area is 65.9 Å². The van der Waals surface area contributed by atoms with E-state index in [1.807, 2.05) is 31.9 Å². The van der Waals surface area contributed by atoms with Gasteiger partial charge in [0.05, 0.1) is 0 Å². The van der Waals surface area contributed by atoms with Gasteiger partial charge in [0, 0.05) is 0 Å². The topological polar surface area (TPSA) is 34.1 Å². The number of hydrogen-bond acceptors (Lipinski definition) is 2. The molecule has 0 aromatic rings. The molecule has 0 saturated carbocycles. The third-order valence-corrected chi connectivity index (χ3v) is 1.49. The van der Waals surface area contributed by atoms with E-state index in [4.69, 9.17) is 0 Å². The van der Waals surface area contributed by atoms with Gasteiger partial charge in [0.2, 0.25) is 0 Å². The third kappa shape index (κ3) is 2.09. The molecule has 0 heterocycles. The molecule has 0 rings (SSSR count). The summed E-state index contributed by atoms with van der Waals surface area (Å²) in [6, 6.07) is 0. The lowest BCUT2D eigenvalue weighted by Crippen LogP contribution is -2.30. The summed E-state index contributed by atoms with van der Waals surface area (Å²) in [6.45, 7) is 0. The molecule has 0 aliphatic rings. The summed E-state index contributed by atoms with van der Waals surface area (Å²) >= 11 is 3.91. The Morgan fingerprint density at radius 1 is 1.11 bits per heavy atom. The van der Waals surface area contributed by atoms with Crippen molar-refractivity contribution >= 4 is 41.2 Å². The minimum Gasteiger partial charge on any atom is -0.279 e. The van der Waals surface area contributed by atoms with Gasteiger partial charge in [-0.2, -0.15) is 8.78 Å². The molecular formula is C3Br2F2O2. The maximum Gasteiger partial charge on any atom is 0.383 e. The number of alkyl halides is 2. The van der Waals surface area contributed by atoms with Crippen LogP contribution in [0.2, 0.25) is 0 Å². The lowest BCUT2D eigenvalue weighted by molar-refractivity contribution is -0.143. The summed E-state index contributed by atoms with van der Waals surface area (Å²) in [4.78, 5) is 19.6. The van der Waals surface area contributed by atoms with Crippen LogP contribution in [0.25, 0.3) is 0 Å². The Kier molecular flexibility index (Phi) is 2.88. The van der Waals surface area contributed by atoms with Crippen molar-refractivity contribution in [3.63, 3.8) is 0 Å². The summed E-state index contributed by atoms with van der Waals surface area (Å²) in [5.74, 6) is -3.94. The van der Waals surface area contributed by atoms with E-state index in [9.17, 15) is 18.4 Å². The maximum atomic E-state index is 11.9. The molecule has 0 bridgehead atoms. The second-order valence-electron chi connectivity index (χ2n) is 1.12. The highest BCUT2D eigenvalue weighted by atomic mass is 79.9. The maximum absolute atomic E-state index is 11.9. The van der Waals surface area contributed by atoms with Crippen LogP contribution in [0, 0.1) is 0 Å². The third-order valence-electron chi connectivity index (χ3n) is 0.494. The average molecular weight is 266 g/mol. The molecule has 0 N–H and O–H groups in total. The van der Waals surface area contributed by atoms with Crippen LogP contribution in [0.1, 0.15) is 0 Å². The molecule has 6 heteroatoms. The van der Waals surface area contributed by atoms with Crippen molar-refractivity contribution in [2.24, 2.45) is 0 Å². The molecule has 0 aliphatic heterocycles. The Hall–Kier alpha value is 0.160. The first-order valence-corrected chi connectivity index (χ1v) is 3.25. The summed E-state index contributed by atoms with van der Waals surface area (Å²) in [6.07, 6.45) is 0. The molecule has 0 saturated heterocycles. The highest BCUT2D eigenvalue weighted by molar-refractivity contribution is 9.19. The summed E-state index contributed by atoms with van der Waals surface area (Å²) in [5, 5.41) is 0. The smallest absolute Gasteiger partial charge is 0.279 e. The van der Waals surface area contributed by atoms with E-state index >= 15 is 0 Å².